The Balaban J connectivity index is 1.73. The molecule has 1 aromatic carbocycles. The van der Waals surface area contributed by atoms with E-state index in [1.807, 2.05) is 18.2 Å². The number of esters is 1. The summed E-state index contributed by atoms with van der Waals surface area (Å²) in [6.07, 6.45) is 9.53. The summed E-state index contributed by atoms with van der Waals surface area (Å²) in [4.78, 5) is 27.2. The maximum Gasteiger partial charge on any atom is 0.407 e. The van der Waals surface area contributed by atoms with Crippen molar-refractivity contribution in [2.24, 2.45) is 11.3 Å². The zero-order chi connectivity index (χ0) is 25.3. The van der Waals surface area contributed by atoms with Crippen molar-refractivity contribution in [3.63, 3.8) is 0 Å². The Morgan fingerprint density at radius 2 is 1.86 bits per heavy atom. The van der Waals surface area contributed by atoms with Gasteiger partial charge >= 0.3 is 12.1 Å². The highest BCUT2D eigenvalue weighted by atomic mass is 35.5. The molecule has 1 amide bonds. The molecule has 0 heterocycles. The van der Waals surface area contributed by atoms with E-state index in [9.17, 15) is 9.59 Å². The molecule has 0 saturated heterocycles. The summed E-state index contributed by atoms with van der Waals surface area (Å²) >= 11 is 6.67. The first-order valence-corrected chi connectivity index (χ1v) is 13.8. The minimum atomic E-state index is -0.426. The minimum Gasteiger partial charge on any atom is -0.450 e. The molecule has 0 bridgehead atoms. The molecule has 2 saturated carbocycles. The van der Waals surface area contributed by atoms with Crippen LogP contribution in [0.2, 0.25) is 0 Å². The van der Waals surface area contributed by atoms with E-state index in [4.69, 9.17) is 21.1 Å². The highest BCUT2D eigenvalue weighted by Crippen LogP contribution is 2.46. The van der Waals surface area contributed by atoms with Crippen molar-refractivity contribution in [3.05, 3.63) is 29.8 Å². The van der Waals surface area contributed by atoms with Gasteiger partial charge in [0, 0.05) is 24.4 Å². The van der Waals surface area contributed by atoms with Gasteiger partial charge in [-0.05, 0) is 75.7 Å². The van der Waals surface area contributed by atoms with Gasteiger partial charge in [-0.15, -0.1) is 11.6 Å². The van der Waals surface area contributed by atoms with Crippen LogP contribution in [-0.4, -0.2) is 56.6 Å². The normalized spacial score (nSPS) is 24.1. The van der Waals surface area contributed by atoms with Gasteiger partial charge < -0.3 is 19.7 Å². The van der Waals surface area contributed by atoms with E-state index in [0.717, 1.165) is 57.9 Å². The molecule has 1 N–H and O–H groups in total. The molecule has 35 heavy (non-hydrogen) atoms. The number of halogens is 1. The van der Waals surface area contributed by atoms with Gasteiger partial charge in [0.15, 0.2) is 0 Å². The molecule has 1 aromatic rings. The van der Waals surface area contributed by atoms with Crippen LogP contribution in [0.4, 0.5) is 4.79 Å². The topological polar surface area (TPSA) is 67.9 Å². The van der Waals surface area contributed by atoms with Gasteiger partial charge in [0.2, 0.25) is 0 Å². The summed E-state index contributed by atoms with van der Waals surface area (Å²) in [7, 11) is 4.23. The first-order valence-electron chi connectivity index (χ1n) is 13.2. The van der Waals surface area contributed by atoms with Crippen LogP contribution in [0, 0.1) is 11.3 Å². The largest absolute Gasteiger partial charge is 0.450 e. The molecule has 2 aliphatic carbocycles. The number of alkyl halides is 1. The SMILES string of the molecule is CCOC(=O)NCC1(CC(=O)Oc2cccc(C3(CCl)CCCCC3CN(C)C)c2)CCCCC1. The summed E-state index contributed by atoms with van der Waals surface area (Å²) in [6, 6.07) is 8.00. The lowest BCUT2D eigenvalue weighted by molar-refractivity contribution is -0.137. The molecule has 3 rings (SSSR count). The van der Waals surface area contributed by atoms with E-state index in [1.165, 1.54) is 12.0 Å². The number of carbonyl (C=O) groups excluding carboxylic acids is 2. The van der Waals surface area contributed by atoms with Gasteiger partial charge in [-0.25, -0.2) is 4.79 Å². The molecule has 196 valence electrons. The molecule has 7 heteroatoms. The van der Waals surface area contributed by atoms with Crippen LogP contribution in [0.1, 0.15) is 76.7 Å². The highest BCUT2D eigenvalue weighted by Gasteiger charge is 2.42. The van der Waals surface area contributed by atoms with Crippen molar-refractivity contribution in [1.29, 1.82) is 0 Å². The van der Waals surface area contributed by atoms with Crippen molar-refractivity contribution >= 4 is 23.7 Å². The molecule has 0 aliphatic heterocycles. The number of benzene rings is 1. The van der Waals surface area contributed by atoms with Gasteiger partial charge in [-0.2, -0.15) is 0 Å². The van der Waals surface area contributed by atoms with Crippen molar-refractivity contribution in [2.45, 2.75) is 76.5 Å². The van der Waals surface area contributed by atoms with E-state index < -0.39 is 6.09 Å². The van der Waals surface area contributed by atoms with Crippen LogP contribution in [0.15, 0.2) is 24.3 Å². The van der Waals surface area contributed by atoms with Crippen LogP contribution in [0.5, 0.6) is 5.75 Å². The van der Waals surface area contributed by atoms with Crippen molar-refractivity contribution in [2.75, 3.05) is 39.7 Å². The van der Waals surface area contributed by atoms with Gasteiger partial charge in [-0.1, -0.05) is 44.2 Å². The van der Waals surface area contributed by atoms with Crippen LogP contribution in [0.25, 0.3) is 0 Å². The van der Waals surface area contributed by atoms with Gasteiger partial charge in [0.25, 0.3) is 0 Å². The molecule has 0 spiro atoms. The average Bonchev–Trinajstić information content (AvgIpc) is 2.84. The average molecular weight is 507 g/mol. The smallest absolute Gasteiger partial charge is 0.407 e. The molecular weight excluding hydrogens is 464 g/mol. The fourth-order valence-corrected chi connectivity index (χ4v) is 6.66. The quantitative estimate of drug-likeness (QED) is 0.243. The molecule has 0 radical (unpaired) electrons. The number of amides is 1. The third-order valence-corrected chi connectivity index (χ3v) is 8.47. The third kappa shape index (κ3) is 7.36. The van der Waals surface area contributed by atoms with Crippen molar-refractivity contribution < 1.29 is 19.1 Å². The second kappa shape index (κ2) is 13.0. The number of rotatable bonds is 10. The Morgan fingerprint density at radius 3 is 2.54 bits per heavy atom. The van der Waals surface area contributed by atoms with E-state index in [0.29, 0.717) is 30.7 Å². The number of ether oxygens (including phenoxy) is 2. The second-order valence-electron chi connectivity index (χ2n) is 10.8. The Kier molecular flexibility index (Phi) is 10.3. The third-order valence-electron chi connectivity index (χ3n) is 7.99. The number of alkyl carbamates (subject to hydrolysis) is 1. The molecule has 6 nitrogen and oxygen atoms in total. The van der Waals surface area contributed by atoms with E-state index in [2.05, 4.69) is 30.4 Å². The zero-order valence-electron chi connectivity index (χ0n) is 21.7. The van der Waals surface area contributed by atoms with E-state index in [1.54, 1.807) is 6.92 Å². The van der Waals surface area contributed by atoms with Crippen LogP contribution in [0.3, 0.4) is 0 Å². The molecule has 2 atom stereocenters. The summed E-state index contributed by atoms with van der Waals surface area (Å²) in [6.45, 7) is 3.54. The van der Waals surface area contributed by atoms with Crippen molar-refractivity contribution in [3.8, 4) is 5.75 Å². The number of carbonyl (C=O) groups is 2. The first-order chi connectivity index (χ1) is 16.8. The number of nitrogens with one attached hydrogen (secondary N) is 1. The summed E-state index contributed by atoms with van der Waals surface area (Å²) < 4.78 is 10.9. The number of nitrogens with zero attached hydrogens (tertiary/aromatic N) is 1. The van der Waals surface area contributed by atoms with Gasteiger partial charge in [0.1, 0.15) is 5.75 Å². The molecule has 2 fully saturated rings. The summed E-state index contributed by atoms with van der Waals surface area (Å²) in [5.41, 5.74) is 0.776. The molecule has 0 aromatic heterocycles. The number of hydrogen-bond acceptors (Lipinski definition) is 5. The fourth-order valence-electron chi connectivity index (χ4n) is 6.15. The highest BCUT2D eigenvalue weighted by molar-refractivity contribution is 6.18. The van der Waals surface area contributed by atoms with Crippen LogP contribution in [-0.2, 0) is 14.9 Å². The monoisotopic (exact) mass is 506 g/mol. The Labute approximate surface area is 216 Å². The maximum absolute atomic E-state index is 13.1. The summed E-state index contributed by atoms with van der Waals surface area (Å²) in [5, 5.41) is 2.86. The van der Waals surface area contributed by atoms with Gasteiger partial charge in [-0.3, -0.25) is 4.79 Å². The molecule has 2 unspecified atom stereocenters. The van der Waals surface area contributed by atoms with E-state index in [-0.39, 0.29) is 23.2 Å². The van der Waals surface area contributed by atoms with E-state index >= 15 is 0 Å². The lowest BCUT2D eigenvalue weighted by Gasteiger charge is -2.45. The predicted octanol–water partition coefficient (Wildman–Crippen LogP) is 5.91. The fraction of sp³-hybridized carbons (Fsp3) is 0.714. The van der Waals surface area contributed by atoms with Crippen LogP contribution >= 0.6 is 11.6 Å². The van der Waals surface area contributed by atoms with Gasteiger partial charge in [0.05, 0.1) is 13.0 Å². The lowest BCUT2D eigenvalue weighted by Crippen LogP contribution is -2.44. The second-order valence-corrected chi connectivity index (χ2v) is 11.1. The molecule has 2 aliphatic rings. The maximum atomic E-state index is 13.1. The van der Waals surface area contributed by atoms with Crippen LogP contribution < -0.4 is 10.1 Å². The lowest BCUT2D eigenvalue weighted by atomic mass is 9.63. The first kappa shape index (κ1) is 27.8. The van der Waals surface area contributed by atoms with Crippen molar-refractivity contribution in [1.82, 2.24) is 10.2 Å². The summed E-state index contributed by atoms with van der Waals surface area (Å²) in [5.74, 6) is 1.36. The standard InChI is InChI=1S/C28H43ClN2O4/c1-4-34-26(33)30-21-27(14-7-5-8-15-27)18-25(32)35-24-13-10-12-22(17-24)28(20-29)16-9-6-11-23(28)19-31(2)3/h10,12-13,17,23H,4-9,11,14-16,18-21H2,1-3H3,(H,30,33). The minimum absolute atomic E-state index is 0.110. The Bertz CT molecular complexity index is 840. The zero-order valence-corrected chi connectivity index (χ0v) is 22.5. The Hall–Kier alpha value is -1.79. The molecular formula is C28H43ClN2O4. The number of hydrogen-bond donors (Lipinski definition) is 1. The predicted molar refractivity (Wildman–Crippen MR) is 140 cm³/mol. The Morgan fingerprint density at radius 1 is 1.11 bits per heavy atom.